The molecule has 0 spiro atoms. The van der Waals surface area contributed by atoms with Crippen molar-refractivity contribution in [3.05, 3.63) is 79.8 Å². The number of hydrogen-bond acceptors (Lipinski definition) is 4. The Hall–Kier alpha value is -2.37. The molecule has 2 aromatic rings. The van der Waals surface area contributed by atoms with Crippen LogP contribution in [0, 0.1) is 17.0 Å². The van der Waals surface area contributed by atoms with Crippen LogP contribution in [0.25, 0.3) is 0 Å². The van der Waals surface area contributed by atoms with E-state index in [1.807, 2.05) is 6.92 Å². The number of nitrogens with zero attached hydrogens (tertiary/aromatic N) is 1. The van der Waals surface area contributed by atoms with E-state index >= 15 is 0 Å². The monoisotopic (exact) mass is 379 g/mol. The summed E-state index contributed by atoms with van der Waals surface area (Å²) in [6.07, 6.45) is 1.68. The number of nitro benzene ring substituents is 1. The van der Waals surface area contributed by atoms with E-state index in [9.17, 15) is 14.9 Å². The highest BCUT2D eigenvalue weighted by Gasteiger charge is 2.21. The van der Waals surface area contributed by atoms with Crippen molar-refractivity contribution in [1.29, 1.82) is 0 Å². The molecule has 0 radical (unpaired) electrons. The highest BCUT2D eigenvalue weighted by atomic mass is 35.5. The minimum Gasteiger partial charge on any atom is -0.421 e. The number of allylic oxidation sites excluding steroid dienone is 1. The molecule has 1 atom stereocenters. The third-order valence-electron chi connectivity index (χ3n) is 3.78. The molecule has 7 heteroatoms. The molecule has 2 aromatic carbocycles. The van der Waals surface area contributed by atoms with Crippen LogP contribution < -0.4 is 4.74 Å². The predicted octanol–water partition coefficient (Wildman–Crippen LogP) is 5.72. The predicted molar refractivity (Wildman–Crippen MR) is 97.9 cm³/mol. The molecule has 0 saturated carbocycles. The lowest BCUT2D eigenvalue weighted by atomic mass is 9.98. The van der Waals surface area contributed by atoms with Gasteiger partial charge in [-0.25, -0.2) is 4.79 Å². The van der Waals surface area contributed by atoms with Gasteiger partial charge in [0.1, 0.15) is 0 Å². The van der Waals surface area contributed by atoms with Crippen molar-refractivity contribution in [2.45, 2.75) is 19.8 Å². The average molecular weight is 380 g/mol. The van der Waals surface area contributed by atoms with Crippen LogP contribution in [0.1, 0.15) is 34.3 Å². The molecule has 0 aliphatic carbocycles. The van der Waals surface area contributed by atoms with Gasteiger partial charge in [-0.2, -0.15) is 0 Å². The lowest BCUT2D eigenvalue weighted by Gasteiger charge is -2.17. The second kappa shape index (κ2) is 7.68. The number of nitro groups is 1. The van der Waals surface area contributed by atoms with Gasteiger partial charge in [0.15, 0.2) is 5.75 Å². The highest BCUT2D eigenvalue weighted by molar-refractivity contribution is 6.37. The number of non-ortho nitro benzene ring substituents is 1. The van der Waals surface area contributed by atoms with Crippen LogP contribution in [0.4, 0.5) is 5.69 Å². The molecule has 0 heterocycles. The molecule has 0 amide bonds. The first-order valence-electron chi connectivity index (χ1n) is 7.34. The number of benzene rings is 2. The van der Waals surface area contributed by atoms with Gasteiger partial charge in [-0.05, 0) is 30.7 Å². The number of ether oxygens (including phenoxy) is 1. The molecule has 130 valence electrons. The van der Waals surface area contributed by atoms with Crippen LogP contribution in [0.15, 0.2) is 43.0 Å². The van der Waals surface area contributed by atoms with Crippen molar-refractivity contribution >= 4 is 34.9 Å². The Morgan fingerprint density at radius 3 is 2.44 bits per heavy atom. The maximum atomic E-state index is 12.4. The summed E-state index contributed by atoms with van der Waals surface area (Å²) in [4.78, 5) is 22.5. The minimum atomic E-state index is -0.670. The normalized spacial score (nSPS) is 11.7. The van der Waals surface area contributed by atoms with Crippen molar-refractivity contribution in [1.82, 2.24) is 0 Å². The molecule has 1 unspecified atom stereocenters. The zero-order valence-electron chi connectivity index (χ0n) is 13.6. The van der Waals surface area contributed by atoms with Crippen LogP contribution in [0.2, 0.25) is 10.0 Å². The minimum absolute atomic E-state index is 0.113. The molecule has 0 fully saturated rings. The first-order chi connectivity index (χ1) is 11.8. The molecule has 5 nitrogen and oxygen atoms in total. The molecule has 2 rings (SSSR count). The summed E-state index contributed by atoms with van der Waals surface area (Å²) >= 11 is 12.5. The molecule has 25 heavy (non-hydrogen) atoms. The van der Waals surface area contributed by atoms with E-state index in [1.54, 1.807) is 19.1 Å². The number of esters is 1. The second-order valence-corrected chi connectivity index (χ2v) is 6.22. The van der Waals surface area contributed by atoms with Gasteiger partial charge in [0, 0.05) is 28.6 Å². The number of carbonyl (C=O) groups is 1. The van der Waals surface area contributed by atoms with Crippen molar-refractivity contribution < 1.29 is 14.5 Å². The highest BCUT2D eigenvalue weighted by Crippen LogP contribution is 2.40. The summed E-state index contributed by atoms with van der Waals surface area (Å²) in [5.41, 5.74) is 1.28. The lowest BCUT2D eigenvalue weighted by Crippen LogP contribution is -2.11. The third-order valence-corrected chi connectivity index (χ3v) is 4.63. The molecule has 0 aromatic heterocycles. The van der Waals surface area contributed by atoms with Gasteiger partial charge < -0.3 is 4.74 Å². The standard InChI is InChI=1S/C18H15Cl2NO4/c1-4-10(2)14-9-15(19)11(3)16(20)17(14)25-18(22)12-5-7-13(8-6-12)21(23)24/h4-10H,1H2,2-3H3. The fourth-order valence-corrected chi connectivity index (χ4v) is 2.66. The molecule has 0 aliphatic heterocycles. The Balaban J connectivity index is 2.41. The van der Waals surface area contributed by atoms with Crippen LogP contribution >= 0.6 is 23.2 Å². The van der Waals surface area contributed by atoms with E-state index in [2.05, 4.69) is 6.58 Å². The van der Waals surface area contributed by atoms with E-state index in [0.29, 0.717) is 16.1 Å². The van der Waals surface area contributed by atoms with Gasteiger partial charge in [0.2, 0.25) is 0 Å². The molecule has 0 saturated heterocycles. The molecule has 0 N–H and O–H groups in total. The Bertz CT molecular complexity index is 847. The van der Waals surface area contributed by atoms with E-state index in [4.69, 9.17) is 27.9 Å². The topological polar surface area (TPSA) is 69.4 Å². The Kier molecular flexibility index (Phi) is 5.82. The van der Waals surface area contributed by atoms with E-state index < -0.39 is 10.9 Å². The van der Waals surface area contributed by atoms with Crippen LogP contribution in [-0.4, -0.2) is 10.9 Å². The average Bonchev–Trinajstić information content (AvgIpc) is 2.61. The summed E-state index contributed by atoms with van der Waals surface area (Å²) < 4.78 is 5.47. The van der Waals surface area contributed by atoms with Crippen LogP contribution in [0.5, 0.6) is 5.75 Å². The Morgan fingerprint density at radius 2 is 1.92 bits per heavy atom. The molecular weight excluding hydrogens is 365 g/mol. The fraction of sp³-hybridized carbons (Fsp3) is 0.167. The SMILES string of the molecule is C=CC(C)c1cc(Cl)c(C)c(Cl)c1OC(=O)c1ccc([N+](=O)[O-])cc1. The van der Waals surface area contributed by atoms with Crippen molar-refractivity contribution in [2.24, 2.45) is 0 Å². The van der Waals surface area contributed by atoms with E-state index in [0.717, 1.165) is 0 Å². The maximum Gasteiger partial charge on any atom is 0.343 e. The van der Waals surface area contributed by atoms with Gasteiger partial charge in [-0.3, -0.25) is 10.1 Å². The number of rotatable bonds is 5. The molecule has 0 bridgehead atoms. The van der Waals surface area contributed by atoms with E-state index in [1.165, 1.54) is 24.3 Å². The van der Waals surface area contributed by atoms with Gasteiger partial charge >= 0.3 is 5.97 Å². The van der Waals surface area contributed by atoms with Gasteiger partial charge in [-0.15, -0.1) is 6.58 Å². The first kappa shape index (κ1) is 19.0. The smallest absolute Gasteiger partial charge is 0.343 e. The number of hydrogen-bond donors (Lipinski definition) is 0. The summed E-state index contributed by atoms with van der Waals surface area (Å²) in [7, 11) is 0. The third kappa shape index (κ3) is 4.00. The largest absolute Gasteiger partial charge is 0.421 e. The zero-order chi connectivity index (χ0) is 18.7. The van der Waals surface area contributed by atoms with Gasteiger partial charge in [-0.1, -0.05) is 36.2 Å². The number of carbonyl (C=O) groups excluding carboxylic acids is 1. The van der Waals surface area contributed by atoms with Crippen molar-refractivity contribution in [3.8, 4) is 5.75 Å². The fourth-order valence-electron chi connectivity index (χ4n) is 2.15. The summed E-state index contributed by atoms with van der Waals surface area (Å²) in [6, 6.07) is 6.81. The first-order valence-corrected chi connectivity index (χ1v) is 8.09. The van der Waals surface area contributed by atoms with E-state index in [-0.39, 0.29) is 27.9 Å². The summed E-state index contributed by atoms with van der Waals surface area (Å²) in [6.45, 7) is 7.32. The van der Waals surface area contributed by atoms with Gasteiger partial charge in [0.25, 0.3) is 5.69 Å². The molecular formula is C18H15Cl2NO4. The lowest BCUT2D eigenvalue weighted by molar-refractivity contribution is -0.384. The van der Waals surface area contributed by atoms with Crippen molar-refractivity contribution in [2.75, 3.05) is 0 Å². The Morgan fingerprint density at radius 1 is 1.32 bits per heavy atom. The number of halogens is 2. The second-order valence-electron chi connectivity index (χ2n) is 5.43. The van der Waals surface area contributed by atoms with Crippen LogP contribution in [0.3, 0.4) is 0 Å². The maximum absolute atomic E-state index is 12.4. The van der Waals surface area contributed by atoms with Gasteiger partial charge in [0.05, 0.1) is 15.5 Å². The quantitative estimate of drug-likeness (QED) is 0.219. The summed E-state index contributed by atoms with van der Waals surface area (Å²) in [5, 5.41) is 11.4. The molecule has 0 aliphatic rings. The van der Waals surface area contributed by atoms with Crippen LogP contribution in [-0.2, 0) is 0 Å². The Labute approximate surface area is 155 Å². The summed E-state index contributed by atoms with van der Waals surface area (Å²) in [5.74, 6) is -0.606. The van der Waals surface area contributed by atoms with Crippen molar-refractivity contribution in [3.63, 3.8) is 0 Å². The zero-order valence-corrected chi connectivity index (χ0v) is 15.1.